The van der Waals surface area contributed by atoms with Gasteiger partial charge in [-0.1, -0.05) is 12.1 Å². The Bertz CT molecular complexity index is 403. The molecule has 9 heteroatoms. The maximum Gasteiger partial charge on any atom is 0.460 e. The Morgan fingerprint density at radius 1 is 0.952 bits per heavy atom. The first kappa shape index (κ1) is 28.4. The van der Waals surface area contributed by atoms with Crippen molar-refractivity contribution in [2.75, 3.05) is 12.3 Å². The van der Waals surface area contributed by atoms with Crippen LogP contribution in [0.15, 0.2) is 48.8 Å². The first-order chi connectivity index (χ1) is 8.38. The predicted octanol–water partition coefficient (Wildman–Crippen LogP) is -3.13. The number of halogens is 1. The van der Waals surface area contributed by atoms with Crippen LogP contribution in [0.2, 0.25) is 0 Å². The minimum absolute atomic E-state index is 0. The van der Waals surface area contributed by atoms with Crippen LogP contribution in [-0.4, -0.2) is 33.2 Å². The molecule has 2 rings (SSSR count). The van der Waals surface area contributed by atoms with Crippen molar-refractivity contribution in [2.24, 2.45) is 5.73 Å². The number of rotatable bonds is 3. The summed E-state index contributed by atoms with van der Waals surface area (Å²) in [5.41, 5.74) is 6.75. The van der Waals surface area contributed by atoms with E-state index in [9.17, 15) is 4.21 Å². The fraction of sp³-hybridized carbons (Fsp3) is 0.167. The molecule has 0 aliphatic carbocycles. The van der Waals surface area contributed by atoms with E-state index in [-0.39, 0.29) is 44.4 Å². The number of pyridine rings is 2. The summed E-state index contributed by atoms with van der Waals surface area (Å²) in [7, 11) is 0. The van der Waals surface area contributed by atoms with Gasteiger partial charge in [-0.15, -0.1) is 0 Å². The number of hydrogen-bond acceptors (Lipinski definition) is 4. The quantitative estimate of drug-likeness (QED) is 0.434. The minimum atomic E-state index is 0. The molecule has 2 aromatic heterocycles. The average Bonchev–Trinajstić information content (AvgIpc) is 2.42. The van der Waals surface area contributed by atoms with Gasteiger partial charge in [0.15, 0.2) is 0 Å². The van der Waals surface area contributed by atoms with Crippen LogP contribution in [0.3, 0.4) is 0 Å². The van der Waals surface area contributed by atoms with Gasteiger partial charge in [0.1, 0.15) is 0 Å². The average molecular weight is 515 g/mol. The largest absolute Gasteiger partial charge is 1.00 e. The van der Waals surface area contributed by atoms with E-state index in [4.69, 9.17) is 5.73 Å². The summed E-state index contributed by atoms with van der Waals surface area (Å²) in [5.74, 6) is 0.528. The van der Waals surface area contributed by atoms with Crippen molar-refractivity contribution in [2.45, 2.75) is 0 Å². The van der Waals surface area contributed by atoms with Crippen LogP contribution in [0, 0.1) is 0 Å². The summed E-state index contributed by atoms with van der Waals surface area (Å²) in [5, 5.41) is 0. The van der Waals surface area contributed by atoms with E-state index >= 15 is 0 Å². The van der Waals surface area contributed by atoms with Crippen molar-refractivity contribution in [1.82, 2.24) is 9.97 Å². The van der Waals surface area contributed by atoms with Crippen LogP contribution >= 0.6 is 0 Å². The molecule has 6 nitrogen and oxygen atoms in total. The molecule has 0 aliphatic heterocycles. The van der Waals surface area contributed by atoms with Crippen molar-refractivity contribution in [3.05, 3.63) is 48.8 Å². The van der Waals surface area contributed by atoms with Crippen molar-refractivity contribution >= 4 is 11.7 Å². The molecule has 122 valence electrons. The molecule has 21 heavy (non-hydrogen) atoms. The normalized spacial score (nSPS) is 7.29. The number of nitrogens with zero attached hydrogens (tertiary/aromatic N) is 2. The summed E-state index contributed by atoms with van der Waals surface area (Å²) in [4.78, 5) is 8.37. The molecule has 0 aliphatic rings. The standard InChI is InChI=1S/C10H8N2.C2H6NOS.ClH.2H2O.Pt/c1-3-7-11-9(5-1)10-6-2-4-8-12-10;3-1-2-5-4;;;;/h1-8H;1-3H2;1H;2*1H2;/q;+1;;;;/p-1. The van der Waals surface area contributed by atoms with Crippen LogP contribution in [-0.2, 0) is 36.9 Å². The molecule has 0 aromatic carbocycles. The van der Waals surface area contributed by atoms with E-state index < -0.39 is 0 Å². The van der Waals surface area contributed by atoms with Crippen LogP contribution in [0.5, 0.6) is 0 Å². The Balaban J connectivity index is -0.000000144. The Hall–Kier alpha value is -0.822. The van der Waals surface area contributed by atoms with E-state index in [2.05, 4.69) is 9.97 Å². The van der Waals surface area contributed by atoms with E-state index in [0.29, 0.717) is 24.0 Å². The maximum absolute atomic E-state index is 9.37. The van der Waals surface area contributed by atoms with Gasteiger partial charge in [0.25, 0.3) is 0 Å². The second kappa shape index (κ2) is 19.2. The predicted molar refractivity (Wildman–Crippen MR) is 76.7 cm³/mol. The van der Waals surface area contributed by atoms with Crippen LogP contribution in [0.1, 0.15) is 0 Å². The van der Waals surface area contributed by atoms with Crippen molar-refractivity contribution in [3.8, 4) is 11.4 Å². The van der Waals surface area contributed by atoms with E-state index in [1.807, 2.05) is 36.4 Å². The molecule has 0 unspecified atom stereocenters. The summed E-state index contributed by atoms with van der Waals surface area (Å²) in [6.45, 7) is 0.494. The molecular weight excluding hydrogens is 497 g/mol. The van der Waals surface area contributed by atoms with Gasteiger partial charge < -0.3 is 29.1 Å². The van der Waals surface area contributed by atoms with E-state index in [0.717, 1.165) is 11.4 Å². The molecule has 6 N–H and O–H groups in total. The fourth-order valence-electron chi connectivity index (χ4n) is 1.08. The van der Waals surface area contributed by atoms with Gasteiger partial charge in [-0.25, -0.2) is 0 Å². The molecule has 0 bridgehead atoms. The summed E-state index contributed by atoms with van der Waals surface area (Å²) in [6, 6.07) is 11.6. The van der Waals surface area contributed by atoms with Crippen LogP contribution in [0.25, 0.3) is 11.4 Å². The van der Waals surface area contributed by atoms with Crippen molar-refractivity contribution in [1.29, 1.82) is 0 Å². The first-order valence-electron chi connectivity index (χ1n) is 5.15. The Kier molecular flexibility index (Phi) is 25.9. The van der Waals surface area contributed by atoms with Crippen molar-refractivity contribution in [3.63, 3.8) is 0 Å². The van der Waals surface area contributed by atoms with Gasteiger partial charge in [0, 0.05) is 37.7 Å². The molecule has 0 atom stereocenters. The smallest absolute Gasteiger partial charge is 0.460 e. The topological polar surface area (TPSA) is 132 Å². The van der Waals surface area contributed by atoms with E-state index in [1.54, 1.807) is 12.4 Å². The number of hydrogen-bond donors (Lipinski definition) is 1. The van der Waals surface area contributed by atoms with Gasteiger partial charge in [0.05, 0.1) is 17.9 Å². The third kappa shape index (κ3) is 12.6. The Morgan fingerprint density at radius 2 is 1.38 bits per heavy atom. The first-order valence-corrected chi connectivity index (χ1v) is 6.07. The summed E-state index contributed by atoms with van der Waals surface area (Å²) in [6.07, 6.45) is 3.54. The third-order valence-corrected chi connectivity index (χ3v) is 2.20. The zero-order valence-corrected chi connectivity index (χ0v) is 14.9. The molecular formula is C12H18ClN3O3PtS. The maximum atomic E-state index is 9.37. The van der Waals surface area contributed by atoms with Gasteiger partial charge in [-0.2, -0.15) is 0 Å². The van der Waals surface area contributed by atoms with Gasteiger partial charge in [-0.3, -0.25) is 9.97 Å². The second-order valence-electron chi connectivity index (χ2n) is 3.04. The molecule has 0 amide bonds. The molecule has 0 spiro atoms. The minimum Gasteiger partial charge on any atom is -1.00 e. The molecule has 0 fully saturated rings. The summed E-state index contributed by atoms with van der Waals surface area (Å²) >= 11 is 0.527. The number of nitrogens with two attached hydrogens (primary N) is 1. The molecule has 2 aromatic rings. The molecule has 0 saturated carbocycles. The Labute approximate surface area is 148 Å². The number of aromatic nitrogens is 2. The zero-order valence-electron chi connectivity index (χ0n) is 11.0. The SMILES string of the molecule is NCC[S+]=O.O.O.[Cl-].[Pt].c1ccc(-c2ccccn2)nc1. The third-order valence-electron chi connectivity index (χ3n) is 1.79. The van der Waals surface area contributed by atoms with Crippen molar-refractivity contribution < 1.29 is 48.6 Å². The molecule has 2 heterocycles. The van der Waals surface area contributed by atoms with Crippen LogP contribution < -0.4 is 18.1 Å². The van der Waals surface area contributed by atoms with Gasteiger partial charge >= 0.3 is 11.7 Å². The molecule has 0 radical (unpaired) electrons. The Morgan fingerprint density at radius 3 is 1.57 bits per heavy atom. The summed E-state index contributed by atoms with van der Waals surface area (Å²) < 4.78 is 9.37. The second-order valence-corrected chi connectivity index (χ2v) is 3.68. The zero-order chi connectivity index (χ0) is 12.3. The van der Waals surface area contributed by atoms with Crippen LogP contribution in [0.4, 0.5) is 0 Å². The van der Waals surface area contributed by atoms with E-state index in [1.165, 1.54) is 0 Å². The van der Waals surface area contributed by atoms with Gasteiger partial charge in [-0.05, 0) is 24.3 Å². The van der Waals surface area contributed by atoms with Gasteiger partial charge in [0.2, 0.25) is 5.75 Å². The molecule has 0 saturated heterocycles. The fourth-order valence-corrected chi connectivity index (χ4v) is 1.17. The monoisotopic (exact) mass is 514 g/mol.